The Labute approximate surface area is 156 Å². The molecular weight excluding hydrogens is 355 g/mol. The van der Waals surface area contributed by atoms with Crippen molar-refractivity contribution in [3.8, 4) is 17.2 Å². The molecule has 7 heteroatoms. The third kappa shape index (κ3) is 5.20. The number of carbonyl (C=O) groups is 2. The molecule has 0 spiro atoms. The van der Waals surface area contributed by atoms with Gasteiger partial charge in [-0.25, -0.2) is 4.39 Å². The van der Waals surface area contributed by atoms with Crippen LogP contribution in [0, 0.1) is 5.82 Å². The quantitative estimate of drug-likeness (QED) is 0.494. The number of ether oxygens (including phenoxy) is 4. The van der Waals surface area contributed by atoms with E-state index in [-0.39, 0.29) is 12.0 Å². The van der Waals surface area contributed by atoms with Crippen molar-refractivity contribution in [1.82, 2.24) is 0 Å². The number of ketones is 1. The van der Waals surface area contributed by atoms with E-state index in [1.165, 1.54) is 39.5 Å². The topological polar surface area (TPSA) is 71.1 Å². The molecule has 0 saturated carbocycles. The normalized spacial score (nSPS) is 10.2. The van der Waals surface area contributed by atoms with Gasteiger partial charge >= 0.3 is 5.97 Å². The molecule has 2 aromatic carbocycles. The van der Waals surface area contributed by atoms with E-state index in [0.717, 1.165) is 5.56 Å². The summed E-state index contributed by atoms with van der Waals surface area (Å²) < 4.78 is 34.3. The molecule has 144 valence electrons. The van der Waals surface area contributed by atoms with Gasteiger partial charge in [0.15, 0.2) is 18.1 Å². The van der Waals surface area contributed by atoms with E-state index < -0.39 is 24.2 Å². The summed E-state index contributed by atoms with van der Waals surface area (Å²) in [5.41, 5.74) is 0.678. The van der Waals surface area contributed by atoms with Gasteiger partial charge in [0.2, 0.25) is 11.5 Å². The Balaban J connectivity index is 1.94. The van der Waals surface area contributed by atoms with E-state index in [1.807, 2.05) is 0 Å². The first-order valence-corrected chi connectivity index (χ1v) is 8.22. The van der Waals surface area contributed by atoms with E-state index in [0.29, 0.717) is 23.7 Å². The fraction of sp³-hybridized carbons (Fsp3) is 0.300. The van der Waals surface area contributed by atoms with Crippen molar-refractivity contribution in [2.45, 2.75) is 12.8 Å². The monoisotopic (exact) mass is 376 g/mol. The van der Waals surface area contributed by atoms with Crippen LogP contribution in [-0.2, 0) is 16.0 Å². The number of rotatable bonds is 9. The molecule has 0 atom stereocenters. The second-order valence-corrected chi connectivity index (χ2v) is 5.60. The molecule has 0 aliphatic heterocycles. The van der Waals surface area contributed by atoms with E-state index >= 15 is 0 Å². The molecule has 6 nitrogen and oxygen atoms in total. The van der Waals surface area contributed by atoms with Crippen LogP contribution in [0.3, 0.4) is 0 Å². The fourth-order valence-electron chi connectivity index (χ4n) is 2.51. The number of benzene rings is 2. The van der Waals surface area contributed by atoms with Crippen molar-refractivity contribution < 1.29 is 32.9 Å². The van der Waals surface area contributed by atoms with E-state index in [4.69, 9.17) is 18.9 Å². The minimum absolute atomic E-state index is 0.0448. The molecule has 0 bridgehead atoms. The summed E-state index contributed by atoms with van der Waals surface area (Å²) in [5, 5.41) is 0. The Morgan fingerprint density at radius 2 is 1.59 bits per heavy atom. The maximum absolute atomic E-state index is 13.5. The average Bonchev–Trinajstić information content (AvgIpc) is 2.69. The smallest absolute Gasteiger partial charge is 0.306 e. The van der Waals surface area contributed by atoms with Crippen LogP contribution in [0.1, 0.15) is 22.3 Å². The molecular formula is C20H21FO6. The van der Waals surface area contributed by atoms with Crippen LogP contribution in [0.4, 0.5) is 4.39 Å². The summed E-state index contributed by atoms with van der Waals surface area (Å²) in [7, 11) is 4.51. The molecule has 2 rings (SSSR count). The number of aryl methyl sites for hydroxylation is 1. The van der Waals surface area contributed by atoms with Crippen LogP contribution in [0.5, 0.6) is 17.2 Å². The number of halogens is 1. The molecule has 0 aliphatic carbocycles. The Morgan fingerprint density at radius 1 is 0.963 bits per heavy atom. The van der Waals surface area contributed by atoms with Gasteiger partial charge < -0.3 is 18.9 Å². The van der Waals surface area contributed by atoms with Gasteiger partial charge in [0.1, 0.15) is 5.82 Å². The highest BCUT2D eigenvalue weighted by atomic mass is 19.1. The standard InChI is InChI=1S/C20H21FO6/c1-24-17-10-13(11-18(25-2)20(17)26-3)8-9-19(23)27-12-16(22)14-6-4-5-7-15(14)21/h4-7,10-11H,8-9,12H2,1-3H3. The summed E-state index contributed by atoms with van der Waals surface area (Å²) in [5.74, 6) is -0.370. The molecule has 0 aromatic heterocycles. The molecule has 0 heterocycles. The molecule has 0 fully saturated rings. The van der Waals surface area contributed by atoms with E-state index in [9.17, 15) is 14.0 Å². The number of hydrogen-bond donors (Lipinski definition) is 0. The van der Waals surface area contributed by atoms with Crippen molar-refractivity contribution in [3.63, 3.8) is 0 Å². The zero-order valence-corrected chi connectivity index (χ0v) is 15.4. The molecule has 0 saturated heterocycles. The first kappa shape index (κ1) is 20.2. The lowest BCUT2D eigenvalue weighted by molar-refractivity contribution is -0.142. The Bertz CT molecular complexity index is 793. The van der Waals surface area contributed by atoms with E-state index in [2.05, 4.69) is 0 Å². The molecule has 2 aromatic rings. The highest BCUT2D eigenvalue weighted by Crippen LogP contribution is 2.38. The third-order valence-electron chi connectivity index (χ3n) is 3.88. The average molecular weight is 376 g/mol. The van der Waals surface area contributed by atoms with Crippen LogP contribution >= 0.6 is 0 Å². The fourth-order valence-corrected chi connectivity index (χ4v) is 2.51. The minimum atomic E-state index is -0.643. The summed E-state index contributed by atoms with van der Waals surface area (Å²) >= 11 is 0. The Hall–Kier alpha value is -3.09. The summed E-state index contributed by atoms with van der Waals surface area (Å²) in [4.78, 5) is 23.8. The maximum Gasteiger partial charge on any atom is 0.306 e. The molecule has 0 aliphatic rings. The number of Topliss-reactive ketones (excluding diaryl/α,β-unsaturated/α-hetero) is 1. The van der Waals surface area contributed by atoms with Crippen LogP contribution in [0.2, 0.25) is 0 Å². The van der Waals surface area contributed by atoms with Gasteiger partial charge in [0.05, 0.1) is 26.9 Å². The molecule has 0 N–H and O–H groups in total. The number of carbonyl (C=O) groups excluding carboxylic acids is 2. The van der Waals surface area contributed by atoms with Gasteiger partial charge in [-0.2, -0.15) is 0 Å². The first-order valence-electron chi connectivity index (χ1n) is 8.22. The predicted molar refractivity (Wildman–Crippen MR) is 96.1 cm³/mol. The highest BCUT2D eigenvalue weighted by molar-refractivity contribution is 5.98. The van der Waals surface area contributed by atoms with Crippen LogP contribution in [0.25, 0.3) is 0 Å². The van der Waals surface area contributed by atoms with Crippen LogP contribution < -0.4 is 14.2 Å². The molecule has 27 heavy (non-hydrogen) atoms. The van der Waals surface area contributed by atoms with Gasteiger partial charge in [-0.3, -0.25) is 9.59 Å². The van der Waals surface area contributed by atoms with Crippen molar-refractivity contribution in [2.75, 3.05) is 27.9 Å². The molecule has 0 amide bonds. The highest BCUT2D eigenvalue weighted by Gasteiger charge is 2.16. The van der Waals surface area contributed by atoms with Crippen LogP contribution in [-0.4, -0.2) is 39.7 Å². The largest absolute Gasteiger partial charge is 0.493 e. The lowest BCUT2D eigenvalue weighted by Crippen LogP contribution is -2.15. The maximum atomic E-state index is 13.5. The van der Waals surface area contributed by atoms with Gasteiger partial charge in [0, 0.05) is 6.42 Å². The van der Waals surface area contributed by atoms with Crippen molar-refractivity contribution >= 4 is 11.8 Å². The Kier molecular flexibility index (Phi) is 7.16. The van der Waals surface area contributed by atoms with E-state index in [1.54, 1.807) is 18.2 Å². The third-order valence-corrected chi connectivity index (χ3v) is 3.88. The van der Waals surface area contributed by atoms with Gasteiger partial charge in [-0.15, -0.1) is 0 Å². The van der Waals surface area contributed by atoms with Crippen molar-refractivity contribution in [2.24, 2.45) is 0 Å². The zero-order valence-electron chi connectivity index (χ0n) is 15.4. The minimum Gasteiger partial charge on any atom is -0.493 e. The first-order chi connectivity index (χ1) is 13.0. The van der Waals surface area contributed by atoms with Gasteiger partial charge in [0.25, 0.3) is 0 Å². The number of methoxy groups -OCH3 is 3. The molecule has 0 unspecified atom stereocenters. The second kappa shape index (κ2) is 9.56. The van der Waals surface area contributed by atoms with Crippen molar-refractivity contribution in [3.05, 3.63) is 53.3 Å². The lowest BCUT2D eigenvalue weighted by atomic mass is 10.1. The number of esters is 1. The Morgan fingerprint density at radius 3 is 2.15 bits per heavy atom. The van der Waals surface area contributed by atoms with Crippen LogP contribution in [0.15, 0.2) is 36.4 Å². The van der Waals surface area contributed by atoms with Gasteiger partial charge in [-0.1, -0.05) is 12.1 Å². The SMILES string of the molecule is COc1cc(CCC(=O)OCC(=O)c2ccccc2F)cc(OC)c1OC. The molecule has 0 radical (unpaired) electrons. The summed E-state index contributed by atoms with van der Waals surface area (Å²) in [6.45, 7) is -0.505. The lowest BCUT2D eigenvalue weighted by Gasteiger charge is -2.14. The number of hydrogen-bond acceptors (Lipinski definition) is 6. The predicted octanol–water partition coefficient (Wildman–Crippen LogP) is 3.21. The van der Waals surface area contributed by atoms with Gasteiger partial charge in [-0.05, 0) is 36.2 Å². The van der Waals surface area contributed by atoms with Crippen molar-refractivity contribution in [1.29, 1.82) is 0 Å². The second-order valence-electron chi connectivity index (χ2n) is 5.60. The summed E-state index contributed by atoms with van der Waals surface area (Å²) in [6, 6.07) is 9.03. The summed E-state index contributed by atoms with van der Waals surface area (Å²) in [6.07, 6.45) is 0.395. The zero-order chi connectivity index (χ0) is 19.8.